The second-order valence-electron chi connectivity index (χ2n) is 5.40. The first-order valence-corrected chi connectivity index (χ1v) is 8.16. The van der Waals surface area contributed by atoms with E-state index in [4.69, 9.17) is 0 Å². The van der Waals surface area contributed by atoms with Gasteiger partial charge in [0.25, 0.3) is 0 Å². The zero-order valence-electron chi connectivity index (χ0n) is 12.1. The third-order valence-corrected chi connectivity index (χ3v) is 4.93. The van der Waals surface area contributed by atoms with Crippen LogP contribution in [0.4, 0.5) is 4.39 Å². The molecule has 22 heavy (non-hydrogen) atoms. The number of halogens is 1. The quantitative estimate of drug-likeness (QED) is 0.918. The summed E-state index contributed by atoms with van der Waals surface area (Å²) in [5, 5.41) is 10.2. The van der Waals surface area contributed by atoms with Gasteiger partial charge in [0.15, 0.2) is 0 Å². The summed E-state index contributed by atoms with van der Waals surface area (Å²) < 4.78 is 13.0. The van der Waals surface area contributed by atoms with Crippen molar-refractivity contribution in [3.8, 4) is 11.3 Å². The van der Waals surface area contributed by atoms with Crippen LogP contribution in [0.1, 0.15) is 27.5 Å². The number of rotatable bonds is 5. The van der Waals surface area contributed by atoms with Crippen LogP contribution in [0.25, 0.3) is 11.3 Å². The molecule has 2 aromatic rings. The van der Waals surface area contributed by atoms with Crippen molar-refractivity contribution in [1.82, 2.24) is 9.88 Å². The largest absolute Gasteiger partial charge is 0.477 e. The van der Waals surface area contributed by atoms with Crippen molar-refractivity contribution >= 4 is 17.3 Å². The van der Waals surface area contributed by atoms with Crippen LogP contribution >= 0.6 is 11.3 Å². The van der Waals surface area contributed by atoms with Crippen LogP contribution in [-0.2, 0) is 6.42 Å². The van der Waals surface area contributed by atoms with Crippen molar-refractivity contribution < 1.29 is 14.3 Å². The maximum Gasteiger partial charge on any atom is 0.348 e. The number of carboxylic acids is 1. The highest BCUT2D eigenvalue weighted by molar-refractivity contribution is 7.14. The number of aromatic carboxylic acids is 1. The molecule has 0 saturated carbocycles. The van der Waals surface area contributed by atoms with E-state index in [1.54, 1.807) is 12.1 Å². The summed E-state index contributed by atoms with van der Waals surface area (Å²) in [5.41, 5.74) is 1.08. The molecule has 0 aliphatic carbocycles. The van der Waals surface area contributed by atoms with Crippen LogP contribution in [0.5, 0.6) is 0 Å². The molecule has 1 aliphatic rings. The van der Waals surface area contributed by atoms with Gasteiger partial charge in [0.2, 0.25) is 0 Å². The van der Waals surface area contributed by atoms with Crippen molar-refractivity contribution in [3.05, 3.63) is 40.0 Å². The number of hydrogen-bond donors (Lipinski definition) is 1. The maximum atomic E-state index is 13.0. The summed E-state index contributed by atoms with van der Waals surface area (Å²) in [4.78, 5) is 18.5. The lowest BCUT2D eigenvalue weighted by atomic mass is 10.1. The minimum atomic E-state index is -0.982. The summed E-state index contributed by atoms with van der Waals surface area (Å²) in [5.74, 6) is -1.32. The number of thiazole rings is 1. The Bertz CT molecular complexity index is 663. The highest BCUT2D eigenvalue weighted by Gasteiger charge is 2.19. The topological polar surface area (TPSA) is 53.4 Å². The molecule has 3 rings (SSSR count). The molecule has 1 N–H and O–H groups in total. The second-order valence-corrected chi connectivity index (χ2v) is 6.48. The maximum absolute atomic E-state index is 13.0. The summed E-state index contributed by atoms with van der Waals surface area (Å²) in [6.45, 7) is 3.14. The summed E-state index contributed by atoms with van der Waals surface area (Å²) in [6, 6.07) is 5.79. The number of aromatic nitrogens is 1. The number of hydrogen-bond acceptors (Lipinski definition) is 4. The van der Waals surface area contributed by atoms with Gasteiger partial charge in [0.05, 0.1) is 10.7 Å². The molecule has 0 spiro atoms. The average molecular weight is 320 g/mol. The standard InChI is InChI=1S/C16H17FN2O2S/c17-12-5-3-11(4-6-12)14-15(16(20)21)22-13(18-14)7-10-19-8-1-2-9-19/h3-6H,1-2,7-10H2,(H,20,21). The van der Waals surface area contributed by atoms with Crippen molar-refractivity contribution in [2.45, 2.75) is 19.3 Å². The van der Waals surface area contributed by atoms with Crippen LogP contribution in [0.2, 0.25) is 0 Å². The molecule has 0 bridgehead atoms. The summed E-state index contributed by atoms with van der Waals surface area (Å²) >= 11 is 1.22. The minimum Gasteiger partial charge on any atom is -0.477 e. The molecule has 1 fully saturated rings. The van der Waals surface area contributed by atoms with Gasteiger partial charge in [-0.15, -0.1) is 11.3 Å². The van der Waals surface area contributed by atoms with Gasteiger partial charge in [-0.25, -0.2) is 14.2 Å². The van der Waals surface area contributed by atoms with Crippen molar-refractivity contribution in [2.24, 2.45) is 0 Å². The molecule has 4 nitrogen and oxygen atoms in total. The van der Waals surface area contributed by atoms with Gasteiger partial charge in [0.1, 0.15) is 10.7 Å². The molecule has 1 aromatic heterocycles. The normalized spacial score (nSPS) is 15.3. The van der Waals surface area contributed by atoms with Gasteiger partial charge >= 0.3 is 5.97 Å². The lowest BCUT2D eigenvalue weighted by Gasteiger charge is -2.12. The zero-order valence-corrected chi connectivity index (χ0v) is 12.9. The smallest absolute Gasteiger partial charge is 0.348 e. The molecule has 1 aliphatic heterocycles. The molecule has 1 aromatic carbocycles. The Morgan fingerprint density at radius 3 is 2.59 bits per heavy atom. The van der Waals surface area contributed by atoms with Gasteiger partial charge in [-0.05, 0) is 50.2 Å². The third kappa shape index (κ3) is 3.34. The number of likely N-dealkylation sites (tertiary alicyclic amines) is 1. The van der Waals surface area contributed by atoms with Crippen LogP contribution < -0.4 is 0 Å². The van der Waals surface area contributed by atoms with E-state index < -0.39 is 5.97 Å². The van der Waals surface area contributed by atoms with Crippen molar-refractivity contribution in [2.75, 3.05) is 19.6 Å². The highest BCUT2D eigenvalue weighted by Crippen LogP contribution is 2.29. The fourth-order valence-corrected chi connectivity index (χ4v) is 3.59. The Balaban J connectivity index is 1.82. The Morgan fingerprint density at radius 1 is 1.27 bits per heavy atom. The molecule has 0 amide bonds. The van der Waals surface area contributed by atoms with Crippen LogP contribution in [0, 0.1) is 5.82 Å². The third-order valence-electron chi connectivity index (χ3n) is 3.82. The first-order valence-electron chi connectivity index (χ1n) is 7.35. The van der Waals surface area contributed by atoms with E-state index in [1.165, 1.54) is 36.3 Å². The zero-order chi connectivity index (χ0) is 15.5. The Morgan fingerprint density at radius 2 is 1.95 bits per heavy atom. The van der Waals surface area contributed by atoms with Gasteiger partial charge in [-0.1, -0.05) is 0 Å². The fourth-order valence-electron chi connectivity index (χ4n) is 2.68. The molecule has 0 unspecified atom stereocenters. The average Bonchev–Trinajstić information content (AvgIpc) is 3.15. The monoisotopic (exact) mass is 320 g/mol. The predicted octanol–water partition coefficient (Wildman–Crippen LogP) is 3.29. The summed E-state index contributed by atoms with van der Waals surface area (Å²) in [6.07, 6.45) is 3.23. The molecule has 2 heterocycles. The Labute approximate surface area is 132 Å². The molecule has 0 atom stereocenters. The first-order chi connectivity index (χ1) is 10.6. The van der Waals surface area contributed by atoms with Crippen LogP contribution in [0.3, 0.4) is 0 Å². The summed E-state index contributed by atoms with van der Waals surface area (Å²) in [7, 11) is 0. The van der Waals surface area contributed by atoms with Gasteiger partial charge in [0, 0.05) is 18.5 Å². The predicted molar refractivity (Wildman–Crippen MR) is 83.8 cm³/mol. The number of carboxylic acid groups (broad SMARTS) is 1. The van der Waals surface area contributed by atoms with Gasteiger partial charge < -0.3 is 10.0 Å². The van der Waals surface area contributed by atoms with Crippen LogP contribution in [-0.4, -0.2) is 40.6 Å². The highest BCUT2D eigenvalue weighted by atomic mass is 32.1. The van der Waals surface area contributed by atoms with Crippen molar-refractivity contribution in [1.29, 1.82) is 0 Å². The van der Waals surface area contributed by atoms with Crippen LogP contribution in [0.15, 0.2) is 24.3 Å². The van der Waals surface area contributed by atoms with E-state index >= 15 is 0 Å². The van der Waals surface area contributed by atoms with Crippen molar-refractivity contribution in [3.63, 3.8) is 0 Å². The van der Waals surface area contributed by atoms with E-state index in [1.807, 2.05) is 0 Å². The SMILES string of the molecule is O=C(O)c1sc(CCN2CCCC2)nc1-c1ccc(F)cc1. The van der Waals surface area contributed by atoms with Gasteiger partial charge in [-0.2, -0.15) is 0 Å². The van der Waals surface area contributed by atoms with Gasteiger partial charge in [-0.3, -0.25) is 0 Å². The molecule has 0 radical (unpaired) electrons. The Hall–Kier alpha value is -1.79. The first kappa shape index (κ1) is 15.1. The van der Waals surface area contributed by atoms with E-state index in [0.717, 1.165) is 31.1 Å². The minimum absolute atomic E-state index is 0.225. The molecule has 1 saturated heterocycles. The molecule has 6 heteroatoms. The molecule has 116 valence electrons. The van der Waals surface area contributed by atoms with E-state index in [2.05, 4.69) is 9.88 Å². The van der Waals surface area contributed by atoms with E-state index in [0.29, 0.717) is 11.3 Å². The fraction of sp³-hybridized carbons (Fsp3) is 0.375. The molecular formula is C16H17FN2O2S. The second kappa shape index (κ2) is 6.54. The number of benzene rings is 1. The lowest BCUT2D eigenvalue weighted by Crippen LogP contribution is -2.21. The van der Waals surface area contributed by atoms with E-state index in [-0.39, 0.29) is 10.7 Å². The molecular weight excluding hydrogens is 303 g/mol. The number of nitrogens with zero attached hydrogens (tertiary/aromatic N) is 2. The lowest BCUT2D eigenvalue weighted by molar-refractivity contribution is 0.0702. The Kier molecular flexibility index (Phi) is 4.49. The van der Waals surface area contributed by atoms with E-state index in [9.17, 15) is 14.3 Å². The number of carbonyl (C=O) groups is 1.